The molecule has 5 N–H and O–H groups in total. The second-order valence-electron chi connectivity index (χ2n) is 5.89. The molecule has 0 atom stereocenters. The van der Waals surface area contributed by atoms with E-state index in [0.29, 0.717) is 17.1 Å². The first-order valence-corrected chi connectivity index (χ1v) is 7.71. The number of carbonyl (C=O) groups is 1. The number of nitrogens with two attached hydrogens (primary N) is 2. The Kier molecular flexibility index (Phi) is 4.10. The van der Waals surface area contributed by atoms with E-state index >= 15 is 0 Å². The van der Waals surface area contributed by atoms with Crippen molar-refractivity contribution in [2.75, 3.05) is 5.73 Å². The molecule has 1 amide bonds. The standard InChI is InChI=1S/C19H18N4O2/c1-10-4-3-5-12(8-10)19-22-16(15(20)17(23-19)18(21)25)14-9-13(24)7-6-11(14)2/h3-9,24H,20H2,1-2H3,(H2,21,25). The van der Waals surface area contributed by atoms with Crippen molar-refractivity contribution in [3.05, 3.63) is 59.3 Å². The molecule has 0 saturated heterocycles. The Morgan fingerprint density at radius 1 is 1.08 bits per heavy atom. The third kappa shape index (κ3) is 3.14. The first-order chi connectivity index (χ1) is 11.9. The van der Waals surface area contributed by atoms with Gasteiger partial charge in [0.1, 0.15) is 5.75 Å². The van der Waals surface area contributed by atoms with Crippen molar-refractivity contribution in [2.45, 2.75) is 13.8 Å². The van der Waals surface area contributed by atoms with E-state index in [-0.39, 0.29) is 17.1 Å². The van der Waals surface area contributed by atoms with Crippen molar-refractivity contribution in [1.29, 1.82) is 0 Å². The number of aromatic nitrogens is 2. The molecule has 0 aliphatic carbocycles. The lowest BCUT2D eigenvalue weighted by molar-refractivity contribution is 0.0996. The van der Waals surface area contributed by atoms with Gasteiger partial charge in [0.05, 0.1) is 11.4 Å². The van der Waals surface area contributed by atoms with E-state index in [1.165, 1.54) is 0 Å². The lowest BCUT2D eigenvalue weighted by atomic mass is 10.0. The minimum atomic E-state index is -0.729. The first-order valence-electron chi connectivity index (χ1n) is 7.71. The molecule has 0 fully saturated rings. The highest BCUT2D eigenvalue weighted by Gasteiger charge is 2.19. The van der Waals surface area contributed by atoms with Crippen molar-refractivity contribution in [1.82, 2.24) is 9.97 Å². The summed E-state index contributed by atoms with van der Waals surface area (Å²) < 4.78 is 0. The third-order valence-corrected chi connectivity index (χ3v) is 3.93. The molecule has 6 nitrogen and oxygen atoms in total. The van der Waals surface area contributed by atoms with Gasteiger partial charge in [0, 0.05) is 11.1 Å². The number of benzene rings is 2. The average Bonchev–Trinajstić information content (AvgIpc) is 2.57. The number of rotatable bonds is 3. The Bertz CT molecular complexity index is 983. The summed E-state index contributed by atoms with van der Waals surface area (Å²) in [4.78, 5) is 20.6. The lowest BCUT2D eigenvalue weighted by Gasteiger charge is -2.13. The zero-order chi connectivity index (χ0) is 18.1. The number of aryl methyl sites for hydroxylation is 2. The topological polar surface area (TPSA) is 115 Å². The van der Waals surface area contributed by atoms with Gasteiger partial charge in [-0.05, 0) is 37.6 Å². The maximum absolute atomic E-state index is 11.8. The van der Waals surface area contributed by atoms with Crippen LogP contribution in [0.2, 0.25) is 0 Å². The van der Waals surface area contributed by atoms with Crippen LogP contribution in [-0.2, 0) is 0 Å². The van der Waals surface area contributed by atoms with Crippen molar-refractivity contribution in [3.63, 3.8) is 0 Å². The number of nitrogen functional groups attached to an aromatic ring is 1. The van der Waals surface area contributed by atoms with Crippen molar-refractivity contribution >= 4 is 11.6 Å². The van der Waals surface area contributed by atoms with Gasteiger partial charge in [-0.25, -0.2) is 9.97 Å². The van der Waals surface area contributed by atoms with Gasteiger partial charge in [-0.15, -0.1) is 0 Å². The summed E-state index contributed by atoms with van der Waals surface area (Å²) in [6.07, 6.45) is 0. The second-order valence-corrected chi connectivity index (χ2v) is 5.89. The fourth-order valence-electron chi connectivity index (χ4n) is 2.64. The van der Waals surface area contributed by atoms with Gasteiger partial charge in [0.25, 0.3) is 5.91 Å². The number of phenols is 1. The molecule has 0 radical (unpaired) electrons. The van der Waals surface area contributed by atoms with Gasteiger partial charge < -0.3 is 16.6 Å². The Morgan fingerprint density at radius 2 is 1.84 bits per heavy atom. The number of amides is 1. The molecule has 0 bridgehead atoms. The molecular weight excluding hydrogens is 316 g/mol. The number of phenolic OH excluding ortho intramolecular Hbond substituents is 1. The van der Waals surface area contributed by atoms with Gasteiger partial charge in [-0.3, -0.25) is 4.79 Å². The molecule has 0 spiro atoms. The normalized spacial score (nSPS) is 10.6. The van der Waals surface area contributed by atoms with E-state index in [1.807, 2.05) is 38.1 Å². The summed E-state index contributed by atoms with van der Waals surface area (Å²) in [5, 5.41) is 9.82. The van der Waals surface area contributed by atoms with Crippen molar-refractivity contribution in [3.8, 4) is 28.4 Å². The largest absolute Gasteiger partial charge is 0.508 e. The highest BCUT2D eigenvalue weighted by Crippen LogP contribution is 2.33. The molecule has 1 heterocycles. The molecule has 1 aromatic heterocycles. The average molecular weight is 334 g/mol. The number of carbonyl (C=O) groups excluding carboxylic acids is 1. The summed E-state index contributed by atoms with van der Waals surface area (Å²) in [7, 11) is 0. The van der Waals surface area contributed by atoms with Gasteiger partial charge in [-0.2, -0.15) is 0 Å². The van der Waals surface area contributed by atoms with Crippen LogP contribution in [0.15, 0.2) is 42.5 Å². The summed E-state index contributed by atoms with van der Waals surface area (Å²) in [6.45, 7) is 3.82. The molecule has 0 aliphatic heterocycles. The molecule has 2 aromatic carbocycles. The Balaban J connectivity index is 2.31. The third-order valence-electron chi connectivity index (χ3n) is 3.93. The second kappa shape index (κ2) is 6.24. The number of anilines is 1. The molecule has 0 saturated carbocycles. The molecule has 0 unspecified atom stereocenters. The number of aromatic hydroxyl groups is 1. The van der Waals surface area contributed by atoms with E-state index in [9.17, 15) is 9.90 Å². The number of primary amides is 1. The number of nitrogens with zero attached hydrogens (tertiary/aromatic N) is 2. The molecule has 6 heteroatoms. The Hall–Kier alpha value is -3.41. The zero-order valence-electron chi connectivity index (χ0n) is 13.9. The molecule has 0 aliphatic rings. The smallest absolute Gasteiger partial charge is 0.269 e. The maximum atomic E-state index is 11.8. The van der Waals surface area contributed by atoms with Crippen LogP contribution in [0.4, 0.5) is 5.69 Å². The summed E-state index contributed by atoms with van der Waals surface area (Å²) >= 11 is 0. The van der Waals surface area contributed by atoms with Gasteiger partial charge >= 0.3 is 0 Å². The van der Waals surface area contributed by atoms with Crippen LogP contribution < -0.4 is 11.5 Å². The predicted octanol–water partition coefficient (Wildman–Crippen LogP) is 2.81. The monoisotopic (exact) mass is 334 g/mol. The van der Waals surface area contributed by atoms with Crippen LogP contribution in [0, 0.1) is 13.8 Å². The van der Waals surface area contributed by atoms with Gasteiger partial charge in [-0.1, -0.05) is 29.8 Å². The Morgan fingerprint density at radius 3 is 2.52 bits per heavy atom. The molecule has 126 valence electrons. The summed E-state index contributed by atoms with van der Waals surface area (Å²) in [6, 6.07) is 12.5. The Labute approximate surface area is 145 Å². The fourth-order valence-corrected chi connectivity index (χ4v) is 2.64. The van der Waals surface area contributed by atoms with Crippen LogP contribution in [0.5, 0.6) is 5.75 Å². The molecular formula is C19H18N4O2. The van der Waals surface area contributed by atoms with E-state index in [2.05, 4.69) is 9.97 Å². The van der Waals surface area contributed by atoms with E-state index < -0.39 is 5.91 Å². The quantitative estimate of drug-likeness (QED) is 0.681. The van der Waals surface area contributed by atoms with Crippen molar-refractivity contribution < 1.29 is 9.90 Å². The maximum Gasteiger partial charge on any atom is 0.269 e. The zero-order valence-corrected chi connectivity index (χ0v) is 13.9. The minimum absolute atomic E-state index is 0.0377. The fraction of sp³-hybridized carbons (Fsp3) is 0.105. The van der Waals surface area contributed by atoms with Crippen LogP contribution in [-0.4, -0.2) is 21.0 Å². The lowest BCUT2D eigenvalue weighted by Crippen LogP contribution is -2.18. The highest BCUT2D eigenvalue weighted by atomic mass is 16.3. The molecule has 25 heavy (non-hydrogen) atoms. The summed E-state index contributed by atoms with van der Waals surface area (Å²) in [5.41, 5.74) is 15.2. The first kappa shape index (κ1) is 16.4. The highest BCUT2D eigenvalue weighted by molar-refractivity contribution is 5.99. The number of hydrogen-bond donors (Lipinski definition) is 3. The van der Waals surface area contributed by atoms with Gasteiger partial charge in [0.2, 0.25) is 0 Å². The predicted molar refractivity (Wildman–Crippen MR) is 97.0 cm³/mol. The SMILES string of the molecule is Cc1cccc(-c2nc(C(N)=O)c(N)c(-c3cc(O)ccc3C)n2)c1. The van der Waals surface area contributed by atoms with Crippen LogP contribution in [0.1, 0.15) is 21.6 Å². The van der Waals surface area contributed by atoms with Crippen LogP contribution in [0.25, 0.3) is 22.6 Å². The molecule has 3 aromatic rings. The molecule has 3 rings (SSSR count). The summed E-state index contributed by atoms with van der Waals surface area (Å²) in [5.74, 6) is -0.298. The minimum Gasteiger partial charge on any atom is -0.508 e. The van der Waals surface area contributed by atoms with E-state index in [0.717, 1.165) is 16.7 Å². The van der Waals surface area contributed by atoms with E-state index in [1.54, 1.807) is 18.2 Å². The number of hydrogen-bond acceptors (Lipinski definition) is 5. The van der Waals surface area contributed by atoms with Crippen molar-refractivity contribution in [2.24, 2.45) is 5.73 Å². The van der Waals surface area contributed by atoms with E-state index in [4.69, 9.17) is 11.5 Å². The van der Waals surface area contributed by atoms with Gasteiger partial charge in [0.15, 0.2) is 11.5 Å². The van der Waals surface area contributed by atoms with Crippen LogP contribution >= 0.6 is 0 Å². The van der Waals surface area contributed by atoms with Crippen LogP contribution in [0.3, 0.4) is 0 Å².